The molecule has 0 saturated carbocycles. The first-order valence-corrected chi connectivity index (χ1v) is 8.10. The molecule has 2 rings (SSSR count). The Bertz CT molecular complexity index is 705. The van der Waals surface area contributed by atoms with Crippen molar-refractivity contribution in [2.45, 2.75) is 24.7 Å². The Morgan fingerprint density at radius 1 is 1.32 bits per heavy atom. The Balaban J connectivity index is 2.56. The summed E-state index contributed by atoms with van der Waals surface area (Å²) in [6.45, 7) is 4.10. The van der Waals surface area contributed by atoms with E-state index >= 15 is 0 Å². The first kappa shape index (κ1) is 14.1. The van der Waals surface area contributed by atoms with E-state index in [1.165, 1.54) is 18.6 Å². The number of sulfone groups is 1. The zero-order valence-corrected chi connectivity index (χ0v) is 12.5. The fraction of sp³-hybridized carbons (Fsp3) is 0.308. The summed E-state index contributed by atoms with van der Waals surface area (Å²) < 4.78 is 24.5. The highest BCUT2D eigenvalue weighted by atomic mass is 35.5. The van der Waals surface area contributed by atoms with Gasteiger partial charge in [0.25, 0.3) is 0 Å². The van der Waals surface area contributed by atoms with Gasteiger partial charge in [-0.25, -0.2) is 13.1 Å². The molecule has 0 saturated heterocycles. The summed E-state index contributed by atoms with van der Waals surface area (Å²) in [4.78, 5) is 0.206. The largest absolute Gasteiger partial charge is 0.239 e. The number of benzene rings is 1. The van der Waals surface area contributed by atoms with Crippen LogP contribution < -0.4 is 0 Å². The quantitative estimate of drug-likeness (QED) is 0.875. The van der Waals surface area contributed by atoms with Crippen molar-refractivity contribution in [1.82, 2.24) is 9.78 Å². The smallest absolute Gasteiger partial charge is 0.178 e. The van der Waals surface area contributed by atoms with Gasteiger partial charge in [-0.05, 0) is 29.7 Å². The summed E-state index contributed by atoms with van der Waals surface area (Å²) in [6, 6.07) is 5.49. The van der Waals surface area contributed by atoms with Crippen molar-refractivity contribution in [3.8, 4) is 5.69 Å². The van der Waals surface area contributed by atoms with Crippen LogP contribution in [-0.2, 0) is 9.84 Å². The van der Waals surface area contributed by atoms with Crippen LogP contribution in [0.15, 0.2) is 35.5 Å². The number of rotatable bonds is 3. The molecule has 0 N–H and O–H groups in total. The third-order valence-electron chi connectivity index (χ3n) is 2.85. The predicted octanol–water partition coefficient (Wildman–Crippen LogP) is 3.05. The minimum atomic E-state index is -3.24. The molecule has 0 bridgehead atoms. The van der Waals surface area contributed by atoms with Crippen molar-refractivity contribution < 1.29 is 8.42 Å². The van der Waals surface area contributed by atoms with Gasteiger partial charge < -0.3 is 0 Å². The van der Waals surface area contributed by atoms with Gasteiger partial charge in [-0.2, -0.15) is 5.10 Å². The zero-order chi connectivity index (χ0) is 14.2. The Hall–Kier alpha value is -1.33. The SMILES string of the molecule is CC(C)c1cc(Cl)ccc1-n1cc(S(C)(=O)=O)cn1. The highest BCUT2D eigenvalue weighted by Gasteiger charge is 2.14. The molecule has 0 aliphatic heterocycles. The minimum absolute atomic E-state index is 0.206. The van der Waals surface area contributed by atoms with Crippen LogP contribution in [0, 0.1) is 0 Å². The lowest BCUT2D eigenvalue weighted by Gasteiger charge is -2.13. The maximum Gasteiger partial charge on any atom is 0.178 e. The standard InChI is InChI=1S/C13H15ClN2O2S/c1-9(2)12-6-10(14)4-5-13(12)16-8-11(7-15-16)19(3,17)18/h4-9H,1-3H3. The van der Waals surface area contributed by atoms with Crippen molar-refractivity contribution in [1.29, 1.82) is 0 Å². The second-order valence-corrected chi connectivity index (χ2v) is 7.20. The second-order valence-electron chi connectivity index (χ2n) is 4.75. The molecule has 2 aromatic rings. The maximum absolute atomic E-state index is 11.5. The van der Waals surface area contributed by atoms with Crippen LogP contribution in [0.2, 0.25) is 5.02 Å². The van der Waals surface area contributed by atoms with Crippen LogP contribution in [0.25, 0.3) is 5.69 Å². The molecular formula is C13H15ClN2O2S. The van der Waals surface area contributed by atoms with Crippen molar-refractivity contribution in [3.05, 3.63) is 41.2 Å². The first-order chi connectivity index (χ1) is 8.79. The summed E-state index contributed by atoms with van der Waals surface area (Å²) in [5.74, 6) is 0.264. The van der Waals surface area contributed by atoms with E-state index < -0.39 is 9.84 Å². The van der Waals surface area contributed by atoms with Crippen LogP contribution >= 0.6 is 11.6 Å². The highest BCUT2D eigenvalue weighted by Crippen LogP contribution is 2.26. The average Bonchev–Trinajstić information content (AvgIpc) is 2.77. The average molecular weight is 299 g/mol. The molecular weight excluding hydrogens is 284 g/mol. The van der Waals surface area contributed by atoms with E-state index in [1.54, 1.807) is 10.7 Å². The van der Waals surface area contributed by atoms with Crippen molar-refractivity contribution >= 4 is 21.4 Å². The summed E-state index contributed by atoms with van der Waals surface area (Å²) in [6.07, 6.45) is 4.04. The van der Waals surface area contributed by atoms with E-state index in [9.17, 15) is 8.42 Å². The third-order valence-corrected chi connectivity index (χ3v) is 4.15. The number of halogens is 1. The van der Waals surface area contributed by atoms with Gasteiger partial charge in [0.2, 0.25) is 0 Å². The van der Waals surface area contributed by atoms with Gasteiger partial charge in [0.15, 0.2) is 9.84 Å². The van der Waals surface area contributed by atoms with Gasteiger partial charge in [-0.1, -0.05) is 25.4 Å². The normalized spacial score (nSPS) is 12.1. The number of hydrogen-bond acceptors (Lipinski definition) is 3. The molecule has 0 aliphatic rings. The molecule has 1 heterocycles. The maximum atomic E-state index is 11.5. The molecule has 0 fully saturated rings. The van der Waals surface area contributed by atoms with E-state index in [1.807, 2.05) is 12.1 Å². The summed E-state index contributed by atoms with van der Waals surface area (Å²) in [7, 11) is -3.24. The molecule has 1 aromatic carbocycles. The number of hydrogen-bond donors (Lipinski definition) is 0. The molecule has 0 unspecified atom stereocenters. The topological polar surface area (TPSA) is 52.0 Å². The van der Waals surface area contributed by atoms with Crippen LogP contribution in [0.1, 0.15) is 25.3 Å². The van der Waals surface area contributed by atoms with Gasteiger partial charge in [-0.15, -0.1) is 0 Å². The predicted molar refractivity (Wildman–Crippen MR) is 75.8 cm³/mol. The van der Waals surface area contributed by atoms with E-state index in [0.29, 0.717) is 5.02 Å². The van der Waals surface area contributed by atoms with Crippen LogP contribution in [-0.4, -0.2) is 24.5 Å². The van der Waals surface area contributed by atoms with Crippen molar-refractivity contribution in [2.75, 3.05) is 6.26 Å². The molecule has 102 valence electrons. The van der Waals surface area contributed by atoms with Gasteiger partial charge in [0.05, 0.1) is 11.9 Å². The highest BCUT2D eigenvalue weighted by molar-refractivity contribution is 7.90. The van der Waals surface area contributed by atoms with E-state index in [0.717, 1.165) is 11.3 Å². The Morgan fingerprint density at radius 3 is 2.53 bits per heavy atom. The molecule has 0 atom stereocenters. The van der Waals surface area contributed by atoms with Gasteiger partial charge in [-0.3, -0.25) is 0 Å². The lowest BCUT2D eigenvalue weighted by atomic mass is 10.0. The first-order valence-electron chi connectivity index (χ1n) is 5.83. The molecule has 0 radical (unpaired) electrons. The minimum Gasteiger partial charge on any atom is -0.239 e. The molecule has 0 amide bonds. The molecule has 19 heavy (non-hydrogen) atoms. The third kappa shape index (κ3) is 2.98. The van der Waals surface area contributed by atoms with Crippen LogP contribution in [0.3, 0.4) is 0 Å². The fourth-order valence-corrected chi connectivity index (χ4v) is 2.54. The monoisotopic (exact) mass is 298 g/mol. The van der Waals surface area contributed by atoms with Gasteiger partial charge in [0, 0.05) is 17.5 Å². The van der Waals surface area contributed by atoms with Crippen LogP contribution in [0.5, 0.6) is 0 Å². The fourth-order valence-electron chi connectivity index (χ4n) is 1.83. The summed E-state index contributed by atoms with van der Waals surface area (Å²) in [5, 5.41) is 4.78. The Labute approximate surface area is 117 Å². The molecule has 0 spiro atoms. The second kappa shape index (κ2) is 4.98. The lowest BCUT2D eigenvalue weighted by Crippen LogP contribution is -2.02. The van der Waals surface area contributed by atoms with E-state index in [-0.39, 0.29) is 10.8 Å². The Morgan fingerprint density at radius 2 is 2.00 bits per heavy atom. The van der Waals surface area contributed by atoms with Gasteiger partial charge >= 0.3 is 0 Å². The molecule has 0 aliphatic carbocycles. The lowest BCUT2D eigenvalue weighted by molar-refractivity contribution is 0.602. The molecule has 4 nitrogen and oxygen atoms in total. The van der Waals surface area contributed by atoms with Crippen LogP contribution in [0.4, 0.5) is 0 Å². The van der Waals surface area contributed by atoms with Gasteiger partial charge in [0.1, 0.15) is 4.90 Å². The Kier molecular flexibility index (Phi) is 3.69. The molecule has 1 aromatic heterocycles. The van der Waals surface area contributed by atoms with E-state index in [2.05, 4.69) is 18.9 Å². The number of nitrogens with zero attached hydrogens (tertiary/aromatic N) is 2. The van der Waals surface area contributed by atoms with Crippen molar-refractivity contribution in [3.63, 3.8) is 0 Å². The summed E-state index contributed by atoms with van der Waals surface area (Å²) >= 11 is 6.00. The number of aromatic nitrogens is 2. The summed E-state index contributed by atoms with van der Waals surface area (Å²) in [5.41, 5.74) is 1.87. The molecule has 6 heteroatoms. The van der Waals surface area contributed by atoms with Crippen molar-refractivity contribution in [2.24, 2.45) is 0 Å². The zero-order valence-electron chi connectivity index (χ0n) is 11.0. The van der Waals surface area contributed by atoms with E-state index in [4.69, 9.17) is 11.6 Å².